The maximum Gasteiger partial charge on any atom is 0.0409 e. The lowest BCUT2D eigenvalue weighted by molar-refractivity contribution is 0.298. The van der Waals surface area contributed by atoms with E-state index in [-0.39, 0.29) is 0 Å². The molecule has 0 aromatic heterocycles. The molecule has 1 aliphatic heterocycles. The number of nitrogens with one attached hydrogen (secondary N) is 1. The Morgan fingerprint density at radius 3 is 2.90 bits per heavy atom. The number of hydrogen-bond acceptors (Lipinski definition) is 2. The van der Waals surface area contributed by atoms with Gasteiger partial charge in [0.05, 0.1) is 0 Å². The third-order valence-corrected chi connectivity index (χ3v) is 4.81. The van der Waals surface area contributed by atoms with E-state index in [9.17, 15) is 0 Å². The van der Waals surface area contributed by atoms with E-state index in [0.29, 0.717) is 6.04 Å². The van der Waals surface area contributed by atoms with Crippen LogP contribution in [0.25, 0.3) is 0 Å². The third kappa shape index (κ3) is 5.28. The largest absolute Gasteiger partial charge is 0.310 e. The molecule has 118 valence electrons. The predicted octanol–water partition coefficient (Wildman–Crippen LogP) is 4.50. The molecule has 0 radical (unpaired) electrons. The Kier molecular flexibility index (Phi) is 7.01. The van der Waals surface area contributed by atoms with E-state index in [1.165, 1.54) is 44.5 Å². The highest BCUT2D eigenvalue weighted by Crippen LogP contribution is 2.24. The van der Waals surface area contributed by atoms with Gasteiger partial charge < -0.3 is 10.2 Å². The molecule has 1 aromatic rings. The number of benzene rings is 1. The van der Waals surface area contributed by atoms with Gasteiger partial charge in [-0.3, -0.25) is 0 Å². The van der Waals surface area contributed by atoms with Gasteiger partial charge in [0, 0.05) is 17.6 Å². The monoisotopic (exact) mass is 308 g/mol. The second kappa shape index (κ2) is 8.77. The summed E-state index contributed by atoms with van der Waals surface area (Å²) in [5.41, 5.74) is 1.32. The quantitative estimate of drug-likeness (QED) is 0.760. The molecular formula is C18H29ClN2. The summed E-state index contributed by atoms with van der Waals surface area (Å²) in [6, 6.07) is 8.73. The van der Waals surface area contributed by atoms with Crippen LogP contribution in [0.15, 0.2) is 24.3 Å². The van der Waals surface area contributed by atoms with E-state index in [0.717, 1.165) is 23.9 Å². The highest BCUT2D eigenvalue weighted by atomic mass is 35.5. The van der Waals surface area contributed by atoms with Gasteiger partial charge >= 0.3 is 0 Å². The molecule has 0 aliphatic carbocycles. The minimum Gasteiger partial charge on any atom is -0.310 e. The summed E-state index contributed by atoms with van der Waals surface area (Å²) in [6.07, 6.45) is 5.03. The fourth-order valence-corrected chi connectivity index (χ4v) is 3.39. The number of hydrogen-bond donors (Lipinski definition) is 1. The molecule has 1 heterocycles. The average Bonchev–Trinajstić information content (AvgIpc) is 2.95. The molecule has 1 aliphatic rings. The van der Waals surface area contributed by atoms with Gasteiger partial charge in [-0.15, -0.1) is 0 Å². The SMILES string of the molecule is CCCNC(CCN1CCC(CC)C1)c1cccc(Cl)c1. The van der Waals surface area contributed by atoms with E-state index in [4.69, 9.17) is 11.6 Å². The number of likely N-dealkylation sites (tertiary alicyclic amines) is 1. The molecule has 1 N–H and O–H groups in total. The molecule has 0 spiro atoms. The number of halogens is 1. The standard InChI is InChI=1S/C18H29ClN2/c1-3-10-20-18(16-6-5-7-17(19)13-16)9-12-21-11-8-15(4-2)14-21/h5-7,13,15,18,20H,3-4,8-12,14H2,1-2H3. The maximum atomic E-state index is 6.15. The summed E-state index contributed by atoms with van der Waals surface area (Å²) in [4.78, 5) is 2.62. The Morgan fingerprint density at radius 2 is 2.24 bits per heavy atom. The second-order valence-corrected chi connectivity index (χ2v) is 6.65. The number of nitrogens with zero attached hydrogens (tertiary/aromatic N) is 1. The zero-order chi connectivity index (χ0) is 15.1. The van der Waals surface area contributed by atoms with Crippen LogP contribution in [0.1, 0.15) is 51.1 Å². The van der Waals surface area contributed by atoms with Crippen molar-refractivity contribution < 1.29 is 0 Å². The lowest BCUT2D eigenvalue weighted by Gasteiger charge is -2.23. The third-order valence-electron chi connectivity index (χ3n) is 4.57. The zero-order valence-electron chi connectivity index (χ0n) is 13.4. The molecule has 1 fully saturated rings. The van der Waals surface area contributed by atoms with Gasteiger partial charge in [0.1, 0.15) is 0 Å². The van der Waals surface area contributed by atoms with Gasteiger partial charge in [0.25, 0.3) is 0 Å². The fraction of sp³-hybridized carbons (Fsp3) is 0.667. The Hall–Kier alpha value is -0.570. The van der Waals surface area contributed by atoms with Gasteiger partial charge in [-0.25, -0.2) is 0 Å². The lowest BCUT2D eigenvalue weighted by atomic mass is 10.0. The van der Waals surface area contributed by atoms with Gasteiger partial charge in [-0.05, 0) is 62.5 Å². The molecule has 1 aromatic carbocycles. The first kappa shape index (κ1) is 16.8. The second-order valence-electron chi connectivity index (χ2n) is 6.21. The molecule has 2 atom stereocenters. The summed E-state index contributed by atoms with van der Waals surface area (Å²) >= 11 is 6.15. The maximum absolute atomic E-state index is 6.15. The smallest absolute Gasteiger partial charge is 0.0409 e. The summed E-state index contributed by atoms with van der Waals surface area (Å²) in [7, 11) is 0. The zero-order valence-corrected chi connectivity index (χ0v) is 14.2. The van der Waals surface area contributed by atoms with Crippen molar-refractivity contribution in [1.82, 2.24) is 10.2 Å². The van der Waals surface area contributed by atoms with Gasteiger partial charge in [-0.2, -0.15) is 0 Å². The summed E-state index contributed by atoms with van der Waals surface area (Å²) in [6.45, 7) is 9.33. The molecule has 21 heavy (non-hydrogen) atoms. The lowest BCUT2D eigenvalue weighted by Crippen LogP contribution is -2.28. The van der Waals surface area contributed by atoms with Crippen LogP contribution in [0, 0.1) is 5.92 Å². The summed E-state index contributed by atoms with van der Waals surface area (Å²) in [5.74, 6) is 0.915. The molecule has 0 saturated carbocycles. The number of rotatable bonds is 8. The van der Waals surface area contributed by atoms with Crippen molar-refractivity contribution in [2.45, 2.75) is 45.6 Å². The van der Waals surface area contributed by atoms with E-state index in [1.54, 1.807) is 0 Å². The highest BCUT2D eigenvalue weighted by Gasteiger charge is 2.21. The van der Waals surface area contributed by atoms with Gasteiger partial charge in [0.2, 0.25) is 0 Å². The first-order chi connectivity index (χ1) is 10.2. The molecule has 3 heteroatoms. The Balaban J connectivity index is 1.90. The van der Waals surface area contributed by atoms with Gasteiger partial charge in [-0.1, -0.05) is 44.0 Å². The van der Waals surface area contributed by atoms with E-state index in [2.05, 4.69) is 42.3 Å². The van der Waals surface area contributed by atoms with Crippen LogP contribution in [0.3, 0.4) is 0 Å². The van der Waals surface area contributed by atoms with Crippen molar-refractivity contribution in [2.75, 3.05) is 26.2 Å². The first-order valence-corrected chi connectivity index (χ1v) is 8.82. The normalized spacial score (nSPS) is 20.8. The van der Waals surface area contributed by atoms with Crippen LogP contribution in [0.5, 0.6) is 0 Å². The molecular weight excluding hydrogens is 280 g/mol. The molecule has 2 nitrogen and oxygen atoms in total. The highest BCUT2D eigenvalue weighted by molar-refractivity contribution is 6.30. The van der Waals surface area contributed by atoms with Crippen LogP contribution in [0.2, 0.25) is 5.02 Å². The summed E-state index contributed by atoms with van der Waals surface area (Å²) < 4.78 is 0. The van der Waals surface area contributed by atoms with E-state index < -0.39 is 0 Å². The van der Waals surface area contributed by atoms with Crippen molar-refractivity contribution >= 4 is 11.6 Å². The van der Waals surface area contributed by atoms with Crippen molar-refractivity contribution in [1.29, 1.82) is 0 Å². The van der Waals surface area contributed by atoms with Crippen LogP contribution in [-0.4, -0.2) is 31.1 Å². The van der Waals surface area contributed by atoms with Crippen molar-refractivity contribution in [3.05, 3.63) is 34.9 Å². The topological polar surface area (TPSA) is 15.3 Å². The Bertz CT molecular complexity index is 421. The predicted molar refractivity (Wildman–Crippen MR) is 91.9 cm³/mol. The van der Waals surface area contributed by atoms with Crippen LogP contribution < -0.4 is 5.32 Å². The molecule has 1 saturated heterocycles. The first-order valence-electron chi connectivity index (χ1n) is 8.44. The fourth-order valence-electron chi connectivity index (χ4n) is 3.19. The molecule has 0 bridgehead atoms. The van der Waals surface area contributed by atoms with Crippen LogP contribution in [-0.2, 0) is 0 Å². The molecule has 2 unspecified atom stereocenters. The minimum absolute atomic E-state index is 0.421. The van der Waals surface area contributed by atoms with E-state index >= 15 is 0 Å². The molecule has 2 rings (SSSR count). The van der Waals surface area contributed by atoms with Crippen molar-refractivity contribution in [2.24, 2.45) is 5.92 Å². The molecule has 0 amide bonds. The Labute approximate surface area is 134 Å². The van der Waals surface area contributed by atoms with Crippen LogP contribution >= 0.6 is 11.6 Å². The van der Waals surface area contributed by atoms with Crippen LogP contribution in [0.4, 0.5) is 0 Å². The van der Waals surface area contributed by atoms with E-state index in [1.807, 2.05) is 6.07 Å². The van der Waals surface area contributed by atoms with Gasteiger partial charge in [0.15, 0.2) is 0 Å². The minimum atomic E-state index is 0.421. The Morgan fingerprint density at radius 1 is 1.38 bits per heavy atom. The summed E-state index contributed by atoms with van der Waals surface area (Å²) in [5, 5.41) is 4.51. The average molecular weight is 309 g/mol. The van der Waals surface area contributed by atoms with Crippen molar-refractivity contribution in [3.8, 4) is 0 Å². The van der Waals surface area contributed by atoms with Crippen molar-refractivity contribution in [3.63, 3.8) is 0 Å².